The average Bonchev–Trinajstić information content (AvgIpc) is 2.81. The number of carbonyl (C=O) groups is 1. The van der Waals surface area contributed by atoms with Crippen LogP contribution in [-0.4, -0.2) is 33.7 Å². The zero-order valence-electron chi connectivity index (χ0n) is 12.2. The Bertz CT molecular complexity index is 460. The van der Waals surface area contributed by atoms with E-state index in [0.29, 0.717) is 16.6 Å². The van der Waals surface area contributed by atoms with E-state index in [4.69, 9.17) is 5.73 Å². The lowest BCUT2D eigenvalue weighted by Crippen LogP contribution is -2.44. The third-order valence-electron chi connectivity index (χ3n) is 3.92. The summed E-state index contributed by atoms with van der Waals surface area (Å²) in [5, 5.41) is 10.6. The second-order valence-corrected chi connectivity index (χ2v) is 6.43. The lowest BCUT2D eigenvalue weighted by molar-refractivity contribution is 0.0925. The number of H-pyrrole nitrogens is 1. The fourth-order valence-corrected chi connectivity index (χ4v) is 3.72. The number of aromatic nitrogens is 2. The molecule has 1 aliphatic carbocycles. The maximum atomic E-state index is 12.3. The number of hydrogen-bond donors (Lipinski definition) is 3. The van der Waals surface area contributed by atoms with E-state index in [1.165, 1.54) is 19.3 Å². The largest absolute Gasteiger partial charge is 0.395 e. The van der Waals surface area contributed by atoms with Crippen LogP contribution in [0.5, 0.6) is 0 Å². The second-order valence-electron chi connectivity index (χ2n) is 5.35. The number of rotatable bonds is 5. The predicted molar refractivity (Wildman–Crippen MR) is 84.0 cm³/mol. The lowest BCUT2D eigenvalue weighted by Gasteiger charge is -2.30. The summed E-state index contributed by atoms with van der Waals surface area (Å²) in [5.41, 5.74) is 7.71. The first-order valence-electron chi connectivity index (χ1n) is 7.33. The maximum absolute atomic E-state index is 12.3. The van der Waals surface area contributed by atoms with Crippen LogP contribution in [0.25, 0.3) is 0 Å². The van der Waals surface area contributed by atoms with E-state index in [9.17, 15) is 4.79 Å². The first-order valence-corrected chi connectivity index (χ1v) is 8.62. The number of aromatic amines is 1. The standard InChI is InChI=1S/C14H24N4OS/c1-3-6-10-12(15)13(18-17-10)14(19)16-9-7-4-5-8-11(9)20-2/h9,11H,3-8,15H2,1-2H3,(H,16,19)(H,17,18). The van der Waals surface area contributed by atoms with Crippen LogP contribution in [0, 0.1) is 0 Å². The molecule has 0 aliphatic heterocycles. The second kappa shape index (κ2) is 7.02. The van der Waals surface area contributed by atoms with Gasteiger partial charge in [0.2, 0.25) is 0 Å². The molecule has 5 nitrogen and oxygen atoms in total. The number of nitrogens with two attached hydrogens (primary N) is 1. The Morgan fingerprint density at radius 2 is 2.25 bits per heavy atom. The molecule has 1 saturated carbocycles. The number of carbonyl (C=O) groups excluding carboxylic acids is 1. The van der Waals surface area contributed by atoms with Crippen LogP contribution >= 0.6 is 11.8 Å². The molecule has 1 fully saturated rings. The van der Waals surface area contributed by atoms with Crippen LogP contribution in [0.2, 0.25) is 0 Å². The SMILES string of the molecule is CCCc1[nH]nc(C(=O)NC2CCCCC2SC)c1N. The molecule has 2 atom stereocenters. The molecule has 0 radical (unpaired) electrons. The minimum Gasteiger partial charge on any atom is -0.395 e. The van der Waals surface area contributed by atoms with Gasteiger partial charge in [0.25, 0.3) is 5.91 Å². The molecule has 0 bridgehead atoms. The summed E-state index contributed by atoms with van der Waals surface area (Å²) >= 11 is 1.83. The van der Waals surface area contributed by atoms with Gasteiger partial charge in [0, 0.05) is 11.3 Å². The molecule has 2 unspecified atom stereocenters. The number of anilines is 1. The Morgan fingerprint density at radius 3 is 2.95 bits per heavy atom. The summed E-state index contributed by atoms with van der Waals surface area (Å²) in [5.74, 6) is -0.146. The summed E-state index contributed by atoms with van der Waals surface area (Å²) < 4.78 is 0. The van der Waals surface area contributed by atoms with Crippen molar-refractivity contribution in [3.05, 3.63) is 11.4 Å². The quantitative estimate of drug-likeness (QED) is 0.779. The number of nitrogen functional groups attached to an aromatic ring is 1. The molecule has 1 amide bonds. The van der Waals surface area contributed by atoms with Gasteiger partial charge in [0.05, 0.1) is 11.4 Å². The van der Waals surface area contributed by atoms with Crippen molar-refractivity contribution in [3.8, 4) is 0 Å². The van der Waals surface area contributed by atoms with E-state index in [-0.39, 0.29) is 11.9 Å². The van der Waals surface area contributed by atoms with Gasteiger partial charge in [-0.05, 0) is 25.5 Å². The number of hydrogen-bond acceptors (Lipinski definition) is 4. The van der Waals surface area contributed by atoms with Crippen LogP contribution < -0.4 is 11.1 Å². The zero-order chi connectivity index (χ0) is 14.5. The normalized spacial score (nSPS) is 22.7. The molecule has 4 N–H and O–H groups in total. The van der Waals surface area contributed by atoms with Gasteiger partial charge in [0.1, 0.15) is 0 Å². The van der Waals surface area contributed by atoms with Gasteiger partial charge in [-0.15, -0.1) is 0 Å². The molecular weight excluding hydrogens is 272 g/mol. The first-order chi connectivity index (χ1) is 9.67. The molecule has 2 rings (SSSR count). The fraction of sp³-hybridized carbons (Fsp3) is 0.714. The molecule has 6 heteroatoms. The van der Waals surface area contributed by atoms with Crippen molar-refractivity contribution in [1.29, 1.82) is 0 Å². The van der Waals surface area contributed by atoms with Crippen LogP contribution in [0.1, 0.15) is 55.2 Å². The predicted octanol–water partition coefficient (Wildman–Crippen LogP) is 2.35. The van der Waals surface area contributed by atoms with Gasteiger partial charge in [-0.1, -0.05) is 26.2 Å². The average molecular weight is 296 g/mol. The Balaban J connectivity index is 2.04. The molecule has 1 heterocycles. The maximum Gasteiger partial charge on any atom is 0.274 e. The van der Waals surface area contributed by atoms with Gasteiger partial charge >= 0.3 is 0 Å². The van der Waals surface area contributed by atoms with E-state index in [1.54, 1.807) is 0 Å². The smallest absolute Gasteiger partial charge is 0.274 e. The summed E-state index contributed by atoms with van der Waals surface area (Å²) in [6, 6.07) is 0.233. The molecule has 0 saturated heterocycles. The van der Waals surface area contributed by atoms with Crippen molar-refractivity contribution in [2.24, 2.45) is 0 Å². The van der Waals surface area contributed by atoms with Crippen molar-refractivity contribution in [1.82, 2.24) is 15.5 Å². The highest BCUT2D eigenvalue weighted by molar-refractivity contribution is 7.99. The summed E-state index contributed by atoms with van der Waals surface area (Å²) in [6.07, 6.45) is 8.56. The van der Waals surface area contributed by atoms with E-state index >= 15 is 0 Å². The molecule has 20 heavy (non-hydrogen) atoms. The molecule has 1 aromatic heterocycles. The molecule has 1 aromatic rings. The Morgan fingerprint density at radius 1 is 1.50 bits per heavy atom. The molecular formula is C14H24N4OS. The monoisotopic (exact) mass is 296 g/mol. The number of nitrogens with one attached hydrogen (secondary N) is 2. The third kappa shape index (κ3) is 3.29. The molecule has 112 valence electrons. The van der Waals surface area contributed by atoms with Crippen molar-refractivity contribution in [2.45, 2.75) is 56.7 Å². The number of amides is 1. The van der Waals surface area contributed by atoms with Crippen molar-refractivity contribution >= 4 is 23.4 Å². The van der Waals surface area contributed by atoms with E-state index in [2.05, 4.69) is 28.7 Å². The molecule has 0 aromatic carbocycles. The summed E-state index contributed by atoms with van der Waals surface area (Å²) in [6.45, 7) is 2.07. The lowest BCUT2D eigenvalue weighted by atomic mass is 9.94. The highest BCUT2D eigenvalue weighted by atomic mass is 32.2. The fourth-order valence-electron chi connectivity index (χ4n) is 2.78. The van der Waals surface area contributed by atoms with Gasteiger partial charge in [-0.3, -0.25) is 9.89 Å². The van der Waals surface area contributed by atoms with Gasteiger partial charge in [-0.25, -0.2) is 0 Å². The topological polar surface area (TPSA) is 83.8 Å². The van der Waals surface area contributed by atoms with E-state index in [0.717, 1.165) is 25.0 Å². The minimum absolute atomic E-state index is 0.146. The molecule has 1 aliphatic rings. The highest BCUT2D eigenvalue weighted by Crippen LogP contribution is 2.27. The number of aryl methyl sites for hydroxylation is 1. The summed E-state index contributed by atoms with van der Waals surface area (Å²) in [4.78, 5) is 12.3. The number of nitrogens with zero attached hydrogens (tertiary/aromatic N) is 1. The van der Waals surface area contributed by atoms with Crippen LogP contribution in [0.15, 0.2) is 0 Å². The Kier molecular flexibility index (Phi) is 5.34. The first kappa shape index (κ1) is 15.2. The van der Waals surface area contributed by atoms with Crippen LogP contribution in [-0.2, 0) is 6.42 Å². The summed E-state index contributed by atoms with van der Waals surface area (Å²) in [7, 11) is 0. The van der Waals surface area contributed by atoms with Crippen molar-refractivity contribution < 1.29 is 4.79 Å². The Hall–Kier alpha value is -1.17. The zero-order valence-corrected chi connectivity index (χ0v) is 13.1. The Labute approximate surface area is 124 Å². The van der Waals surface area contributed by atoms with E-state index < -0.39 is 0 Å². The van der Waals surface area contributed by atoms with Gasteiger partial charge in [0.15, 0.2) is 5.69 Å². The number of thioether (sulfide) groups is 1. The van der Waals surface area contributed by atoms with Crippen LogP contribution in [0.3, 0.4) is 0 Å². The van der Waals surface area contributed by atoms with Crippen molar-refractivity contribution in [2.75, 3.05) is 12.0 Å². The minimum atomic E-state index is -0.146. The van der Waals surface area contributed by atoms with Gasteiger partial charge in [-0.2, -0.15) is 16.9 Å². The highest BCUT2D eigenvalue weighted by Gasteiger charge is 2.27. The third-order valence-corrected chi connectivity index (χ3v) is 5.09. The van der Waals surface area contributed by atoms with Crippen molar-refractivity contribution in [3.63, 3.8) is 0 Å². The van der Waals surface area contributed by atoms with Crippen LogP contribution in [0.4, 0.5) is 5.69 Å². The van der Waals surface area contributed by atoms with Gasteiger partial charge < -0.3 is 11.1 Å². The van der Waals surface area contributed by atoms with E-state index in [1.807, 2.05) is 11.8 Å². The molecule has 0 spiro atoms.